The molecule has 0 saturated carbocycles. The van der Waals surface area contributed by atoms with Crippen LogP contribution in [0.4, 0.5) is 5.82 Å². The van der Waals surface area contributed by atoms with Gasteiger partial charge in [-0.3, -0.25) is 9.69 Å². The Morgan fingerprint density at radius 2 is 2.23 bits per heavy atom. The lowest BCUT2D eigenvalue weighted by molar-refractivity contribution is -0.147. The molecule has 0 aromatic carbocycles. The monoisotopic (exact) mass is 370 g/mol. The number of halogens is 1. The topological polar surface area (TPSA) is 68.7 Å². The van der Waals surface area contributed by atoms with Gasteiger partial charge in [0.2, 0.25) is 0 Å². The molecule has 1 aliphatic heterocycles. The first-order chi connectivity index (χ1) is 10.4. The van der Waals surface area contributed by atoms with Crippen molar-refractivity contribution in [2.75, 3.05) is 18.1 Å². The number of ether oxygens (including phenoxy) is 2. The second-order valence-corrected chi connectivity index (χ2v) is 6.27. The number of esters is 1. The average molecular weight is 371 g/mol. The number of anilines is 1. The summed E-state index contributed by atoms with van der Waals surface area (Å²) in [6.07, 6.45) is 0.441. The summed E-state index contributed by atoms with van der Waals surface area (Å²) in [4.78, 5) is 30.2. The normalized spacial score (nSPS) is 15.3. The van der Waals surface area contributed by atoms with E-state index in [4.69, 9.17) is 9.47 Å². The molecule has 0 spiro atoms. The van der Waals surface area contributed by atoms with Gasteiger partial charge in [0.25, 0.3) is 5.91 Å². The summed E-state index contributed by atoms with van der Waals surface area (Å²) in [7, 11) is 0. The van der Waals surface area contributed by atoms with E-state index in [0.717, 1.165) is 0 Å². The predicted octanol–water partition coefficient (Wildman–Crippen LogP) is 2.55. The molecule has 1 amide bonds. The van der Waals surface area contributed by atoms with Gasteiger partial charge in [0.05, 0.1) is 6.61 Å². The van der Waals surface area contributed by atoms with Crippen molar-refractivity contribution in [3.05, 3.63) is 16.7 Å². The number of amides is 1. The zero-order chi connectivity index (χ0) is 16.3. The van der Waals surface area contributed by atoms with Crippen LogP contribution in [0.3, 0.4) is 0 Å². The van der Waals surface area contributed by atoms with Gasteiger partial charge in [-0.15, -0.1) is 0 Å². The Morgan fingerprint density at radius 3 is 2.86 bits per heavy atom. The molecule has 0 aliphatic carbocycles. The van der Waals surface area contributed by atoms with Crippen LogP contribution in [0.25, 0.3) is 0 Å². The van der Waals surface area contributed by atoms with Gasteiger partial charge in [0.1, 0.15) is 10.6 Å². The number of hydrogen-bond donors (Lipinski definition) is 0. The van der Waals surface area contributed by atoms with Crippen LogP contribution in [0.1, 0.15) is 27.2 Å². The number of carbonyl (C=O) groups excluding carboxylic acids is 2. The molecule has 1 aliphatic rings. The highest BCUT2D eigenvalue weighted by molar-refractivity contribution is 9.10. The van der Waals surface area contributed by atoms with E-state index in [0.29, 0.717) is 29.2 Å². The fourth-order valence-electron chi connectivity index (χ4n) is 2.15. The lowest BCUT2D eigenvalue weighted by Crippen LogP contribution is -2.50. The third-order valence-corrected chi connectivity index (χ3v) is 3.62. The van der Waals surface area contributed by atoms with E-state index in [2.05, 4.69) is 20.9 Å². The van der Waals surface area contributed by atoms with Gasteiger partial charge in [-0.1, -0.05) is 20.8 Å². The average Bonchev–Trinajstić information content (AvgIpc) is 2.48. The minimum absolute atomic E-state index is 0.107. The molecule has 0 bridgehead atoms. The quantitative estimate of drug-likeness (QED) is 0.588. The molecule has 0 radical (unpaired) electrons. The Bertz CT molecular complexity index is 577. The van der Waals surface area contributed by atoms with E-state index in [1.807, 2.05) is 20.8 Å². The molecule has 1 unspecified atom stereocenters. The summed E-state index contributed by atoms with van der Waals surface area (Å²) in [6.45, 7) is 5.97. The first-order valence-electron chi connectivity index (χ1n) is 7.22. The maximum absolute atomic E-state index is 12.3. The van der Waals surface area contributed by atoms with E-state index in [1.54, 1.807) is 12.1 Å². The molecule has 2 rings (SSSR count). The standard InChI is InChI=1S/C15H19BrN2O4/c1-4-10(15(20)22-7-9(2)3)18-13(19)8-21-11-5-6-12(16)17-14(11)18/h5-6,9-10H,4,7-8H2,1-3H3. The van der Waals surface area contributed by atoms with Gasteiger partial charge in [0, 0.05) is 0 Å². The van der Waals surface area contributed by atoms with Crippen molar-refractivity contribution in [2.24, 2.45) is 5.92 Å². The van der Waals surface area contributed by atoms with E-state index in [9.17, 15) is 9.59 Å². The van der Waals surface area contributed by atoms with Gasteiger partial charge in [0.15, 0.2) is 18.2 Å². The third kappa shape index (κ3) is 3.58. The molecule has 22 heavy (non-hydrogen) atoms. The van der Waals surface area contributed by atoms with Gasteiger partial charge in [-0.2, -0.15) is 0 Å². The number of rotatable bonds is 5. The third-order valence-electron chi connectivity index (χ3n) is 3.18. The Morgan fingerprint density at radius 1 is 1.50 bits per heavy atom. The van der Waals surface area contributed by atoms with E-state index >= 15 is 0 Å². The lowest BCUT2D eigenvalue weighted by atomic mass is 10.1. The molecule has 0 N–H and O–H groups in total. The van der Waals surface area contributed by atoms with E-state index < -0.39 is 12.0 Å². The first kappa shape index (κ1) is 16.7. The van der Waals surface area contributed by atoms with Gasteiger partial charge in [-0.25, -0.2) is 9.78 Å². The molecule has 6 nitrogen and oxygen atoms in total. The predicted molar refractivity (Wildman–Crippen MR) is 84.8 cm³/mol. The van der Waals surface area contributed by atoms with Gasteiger partial charge >= 0.3 is 5.97 Å². The summed E-state index contributed by atoms with van der Waals surface area (Å²) >= 11 is 3.27. The molecular weight excluding hydrogens is 352 g/mol. The van der Waals surface area contributed by atoms with Crippen LogP contribution >= 0.6 is 15.9 Å². The summed E-state index contributed by atoms with van der Waals surface area (Å²) in [5.74, 6) is 0.351. The second-order valence-electron chi connectivity index (χ2n) is 5.46. The largest absolute Gasteiger partial charge is 0.480 e. The van der Waals surface area contributed by atoms with Gasteiger partial charge in [-0.05, 0) is 40.4 Å². The smallest absolute Gasteiger partial charge is 0.329 e. The second kappa shape index (κ2) is 7.09. The minimum atomic E-state index is -0.698. The number of hydrogen-bond acceptors (Lipinski definition) is 5. The molecule has 0 saturated heterocycles. The molecule has 120 valence electrons. The minimum Gasteiger partial charge on any atom is -0.480 e. The SMILES string of the molecule is CCC(C(=O)OCC(C)C)N1C(=O)COc2ccc(Br)nc21. The van der Waals surface area contributed by atoms with Crippen LogP contribution in [0.2, 0.25) is 0 Å². The maximum atomic E-state index is 12.3. The van der Waals surface area contributed by atoms with Crippen LogP contribution in [0.15, 0.2) is 16.7 Å². The van der Waals surface area contributed by atoms with Crippen molar-refractivity contribution in [3.8, 4) is 5.75 Å². The molecule has 1 aromatic heterocycles. The molecule has 2 heterocycles. The first-order valence-corrected chi connectivity index (χ1v) is 8.01. The van der Waals surface area contributed by atoms with E-state index in [1.165, 1.54) is 4.90 Å². The highest BCUT2D eigenvalue weighted by Gasteiger charge is 2.37. The fraction of sp³-hybridized carbons (Fsp3) is 0.533. The van der Waals surface area contributed by atoms with Crippen LogP contribution in [-0.2, 0) is 14.3 Å². The summed E-state index contributed by atoms with van der Waals surface area (Å²) in [5, 5.41) is 0. The Kier molecular flexibility index (Phi) is 5.39. The maximum Gasteiger partial charge on any atom is 0.329 e. The van der Waals surface area contributed by atoms with Crippen molar-refractivity contribution in [1.82, 2.24) is 4.98 Å². The van der Waals surface area contributed by atoms with Gasteiger partial charge < -0.3 is 9.47 Å². The van der Waals surface area contributed by atoms with Crippen LogP contribution in [0.5, 0.6) is 5.75 Å². The number of carbonyl (C=O) groups is 2. The Balaban J connectivity index is 2.30. The van der Waals surface area contributed by atoms with Crippen LogP contribution in [-0.4, -0.2) is 36.1 Å². The number of nitrogens with zero attached hydrogens (tertiary/aromatic N) is 2. The Hall–Kier alpha value is -1.63. The summed E-state index contributed by atoms with van der Waals surface area (Å²) in [5.41, 5.74) is 0. The molecule has 0 fully saturated rings. The van der Waals surface area contributed by atoms with Crippen molar-refractivity contribution in [1.29, 1.82) is 0 Å². The molecular formula is C15H19BrN2O4. The number of fused-ring (bicyclic) bond motifs is 1. The van der Waals surface area contributed by atoms with Crippen LogP contribution in [0, 0.1) is 5.92 Å². The number of aromatic nitrogens is 1. The van der Waals surface area contributed by atoms with Crippen molar-refractivity contribution in [3.63, 3.8) is 0 Å². The van der Waals surface area contributed by atoms with Crippen molar-refractivity contribution in [2.45, 2.75) is 33.2 Å². The van der Waals surface area contributed by atoms with Crippen molar-refractivity contribution < 1.29 is 19.1 Å². The molecule has 1 atom stereocenters. The summed E-state index contributed by atoms with van der Waals surface area (Å²) < 4.78 is 11.2. The fourth-order valence-corrected chi connectivity index (χ4v) is 2.45. The van der Waals surface area contributed by atoms with Crippen molar-refractivity contribution >= 4 is 33.6 Å². The molecule has 7 heteroatoms. The molecule has 1 aromatic rings. The van der Waals surface area contributed by atoms with Crippen LogP contribution < -0.4 is 9.64 Å². The van der Waals surface area contributed by atoms with E-state index in [-0.39, 0.29) is 18.4 Å². The lowest BCUT2D eigenvalue weighted by Gasteiger charge is -2.33. The highest BCUT2D eigenvalue weighted by atomic mass is 79.9. The summed E-state index contributed by atoms with van der Waals surface area (Å²) in [6, 6.07) is 2.75. The highest BCUT2D eigenvalue weighted by Crippen LogP contribution is 2.33. The zero-order valence-electron chi connectivity index (χ0n) is 12.8. The number of pyridine rings is 1. The Labute approximate surface area is 137 Å². The zero-order valence-corrected chi connectivity index (χ0v) is 14.4.